The number of thiazole rings is 1. The fourth-order valence-electron chi connectivity index (χ4n) is 4.69. The molecular weight excluding hydrogens is 462 g/mol. The molecule has 184 valence electrons. The number of fused-ring (bicyclic) bond motifs is 1. The normalized spacial score (nSPS) is 16.0. The predicted octanol–water partition coefficient (Wildman–Crippen LogP) is 3.98. The molecule has 0 radical (unpaired) electrons. The number of ether oxygens (including phenoxy) is 2. The van der Waals surface area contributed by atoms with Crippen molar-refractivity contribution >= 4 is 16.3 Å². The van der Waals surface area contributed by atoms with Gasteiger partial charge in [-0.15, -0.1) is 5.10 Å². The van der Waals surface area contributed by atoms with Crippen LogP contribution in [0.25, 0.3) is 4.96 Å². The van der Waals surface area contributed by atoms with Crippen molar-refractivity contribution in [1.29, 1.82) is 0 Å². The van der Waals surface area contributed by atoms with Gasteiger partial charge in [0.2, 0.25) is 10.8 Å². The quantitative estimate of drug-likeness (QED) is 0.398. The number of hydrogen-bond acceptors (Lipinski definition) is 8. The molecule has 0 amide bonds. The average Bonchev–Trinajstić information content (AvgIpc) is 3.44. The number of benzene rings is 2. The molecule has 0 spiro atoms. The maximum absolute atomic E-state index is 11.2. The number of rotatable bonds is 8. The molecule has 1 aliphatic heterocycles. The van der Waals surface area contributed by atoms with Crippen LogP contribution in [0.2, 0.25) is 0 Å². The first-order chi connectivity index (χ1) is 17.1. The molecule has 5 rings (SSSR count). The number of aromatic nitrogens is 3. The number of nitrogens with zero attached hydrogens (tertiary/aromatic N) is 5. The highest BCUT2D eigenvalue weighted by atomic mass is 32.1. The maximum Gasteiger partial charge on any atom is 0.230 e. The smallest absolute Gasteiger partial charge is 0.230 e. The Labute approximate surface area is 209 Å². The van der Waals surface area contributed by atoms with Crippen molar-refractivity contribution in [2.75, 3.05) is 40.4 Å². The van der Waals surface area contributed by atoms with Crippen molar-refractivity contribution in [2.45, 2.75) is 25.9 Å². The first kappa shape index (κ1) is 23.6. The highest BCUT2D eigenvalue weighted by Crippen LogP contribution is 2.42. The van der Waals surface area contributed by atoms with E-state index in [9.17, 15) is 5.11 Å². The Morgan fingerprint density at radius 2 is 1.74 bits per heavy atom. The zero-order valence-electron chi connectivity index (χ0n) is 20.3. The first-order valence-electron chi connectivity index (χ1n) is 11.9. The van der Waals surface area contributed by atoms with Gasteiger partial charge in [-0.25, -0.2) is 4.98 Å². The molecule has 1 atom stereocenters. The molecule has 0 aliphatic carbocycles. The van der Waals surface area contributed by atoms with E-state index in [4.69, 9.17) is 9.47 Å². The molecule has 1 unspecified atom stereocenters. The minimum Gasteiger partial charge on any atom is -0.493 e. The summed E-state index contributed by atoms with van der Waals surface area (Å²) in [6.07, 6.45) is 0.728. The van der Waals surface area contributed by atoms with Crippen LogP contribution in [0.15, 0.2) is 48.5 Å². The summed E-state index contributed by atoms with van der Waals surface area (Å²) >= 11 is 1.50. The Hall–Kier alpha value is -3.14. The summed E-state index contributed by atoms with van der Waals surface area (Å²) in [5, 5.41) is 15.7. The lowest BCUT2D eigenvalue weighted by molar-refractivity contribution is 0.105. The van der Waals surface area contributed by atoms with E-state index in [0.717, 1.165) is 55.4 Å². The molecule has 35 heavy (non-hydrogen) atoms. The van der Waals surface area contributed by atoms with Gasteiger partial charge in [-0.1, -0.05) is 54.7 Å². The summed E-state index contributed by atoms with van der Waals surface area (Å²) < 4.78 is 12.6. The lowest BCUT2D eigenvalue weighted by atomic mass is 10.0. The molecule has 1 aliphatic rings. The highest BCUT2D eigenvalue weighted by Gasteiger charge is 2.32. The van der Waals surface area contributed by atoms with E-state index in [2.05, 4.69) is 56.3 Å². The summed E-state index contributed by atoms with van der Waals surface area (Å²) in [6.45, 7) is 6.59. The lowest BCUT2D eigenvalue weighted by Gasteiger charge is -2.39. The summed E-state index contributed by atoms with van der Waals surface area (Å²) in [5.74, 6) is 2.24. The van der Waals surface area contributed by atoms with Crippen LogP contribution in [-0.2, 0) is 13.0 Å². The van der Waals surface area contributed by atoms with Crippen LogP contribution in [0.4, 0.5) is 0 Å². The van der Waals surface area contributed by atoms with Crippen LogP contribution < -0.4 is 9.47 Å². The van der Waals surface area contributed by atoms with Gasteiger partial charge >= 0.3 is 0 Å². The second kappa shape index (κ2) is 10.2. The summed E-state index contributed by atoms with van der Waals surface area (Å²) in [4.78, 5) is 11.0. The Morgan fingerprint density at radius 1 is 1.00 bits per heavy atom. The van der Waals surface area contributed by atoms with E-state index in [1.165, 1.54) is 16.9 Å². The Morgan fingerprint density at radius 3 is 2.40 bits per heavy atom. The molecule has 8 nitrogen and oxygen atoms in total. The summed E-state index contributed by atoms with van der Waals surface area (Å²) in [7, 11) is 3.28. The van der Waals surface area contributed by atoms with Crippen LogP contribution in [0.1, 0.15) is 34.8 Å². The fraction of sp³-hybridized carbons (Fsp3) is 0.385. The second-order valence-corrected chi connectivity index (χ2v) is 9.69. The number of aromatic hydroxyl groups is 1. The summed E-state index contributed by atoms with van der Waals surface area (Å²) in [5.41, 5.74) is 2.36. The molecule has 2 aromatic heterocycles. The van der Waals surface area contributed by atoms with Gasteiger partial charge in [0.1, 0.15) is 0 Å². The van der Waals surface area contributed by atoms with E-state index in [0.29, 0.717) is 16.5 Å². The first-order valence-corrected chi connectivity index (χ1v) is 12.7. The Kier molecular flexibility index (Phi) is 6.90. The molecule has 1 fully saturated rings. The zero-order chi connectivity index (χ0) is 24.4. The van der Waals surface area contributed by atoms with Gasteiger partial charge in [0.25, 0.3) is 0 Å². The minimum atomic E-state index is -0.146. The van der Waals surface area contributed by atoms with Gasteiger partial charge in [-0.05, 0) is 23.3 Å². The van der Waals surface area contributed by atoms with E-state index >= 15 is 0 Å². The molecule has 1 N–H and O–H groups in total. The third kappa shape index (κ3) is 4.71. The van der Waals surface area contributed by atoms with E-state index in [1.807, 2.05) is 19.1 Å². The van der Waals surface area contributed by atoms with Gasteiger partial charge in [-0.2, -0.15) is 4.52 Å². The molecule has 3 heterocycles. The SMILES string of the molecule is CCc1nc2sc(C(c3ccc(OC)c(OC)c3)N3CCN(Cc4ccccc4)CC3)c(O)n2n1. The van der Waals surface area contributed by atoms with Crippen LogP contribution in [-0.4, -0.2) is 69.9 Å². The van der Waals surface area contributed by atoms with Crippen molar-refractivity contribution in [2.24, 2.45) is 0 Å². The van der Waals surface area contributed by atoms with E-state index in [-0.39, 0.29) is 11.9 Å². The number of hydrogen-bond donors (Lipinski definition) is 1. The highest BCUT2D eigenvalue weighted by molar-refractivity contribution is 7.17. The molecule has 2 aromatic carbocycles. The molecule has 0 saturated carbocycles. The average molecular weight is 494 g/mol. The molecule has 9 heteroatoms. The van der Waals surface area contributed by atoms with Crippen molar-refractivity contribution < 1.29 is 14.6 Å². The second-order valence-electron chi connectivity index (χ2n) is 8.68. The third-order valence-electron chi connectivity index (χ3n) is 6.55. The number of methoxy groups -OCH3 is 2. The zero-order valence-corrected chi connectivity index (χ0v) is 21.2. The number of aryl methyl sites for hydroxylation is 1. The number of piperazine rings is 1. The Balaban J connectivity index is 1.46. The predicted molar refractivity (Wildman–Crippen MR) is 137 cm³/mol. The fourth-order valence-corrected chi connectivity index (χ4v) is 5.83. The molecule has 4 aromatic rings. The van der Waals surface area contributed by atoms with Crippen molar-refractivity contribution in [3.63, 3.8) is 0 Å². The van der Waals surface area contributed by atoms with Crippen LogP contribution in [0, 0.1) is 0 Å². The molecule has 0 bridgehead atoms. The largest absolute Gasteiger partial charge is 0.493 e. The van der Waals surface area contributed by atoms with Crippen LogP contribution >= 0.6 is 11.3 Å². The lowest BCUT2D eigenvalue weighted by Crippen LogP contribution is -2.47. The molecule has 1 saturated heterocycles. The monoisotopic (exact) mass is 493 g/mol. The Bertz CT molecular complexity index is 1280. The molecular formula is C26H31N5O3S. The van der Waals surface area contributed by atoms with Crippen LogP contribution in [0.5, 0.6) is 17.4 Å². The van der Waals surface area contributed by atoms with Crippen molar-refractivity contribution in [3.8, 4) is 17.4 Å². The van der Waals surface area contributed by atoms with Gasteiger partial charge < -0.3 is 14.6 Å². The van der Waals surface area contributed by atoms with Crippen molar-refractivity contribution in [1.82, 2.24) is 24.4 Å². The van der Waals surface area contributed by atoms with E-state index < -0.39 is 0 Å². The van der Waals surface area contributed by atoms with E-state index in [1.54, 1.807) is 18.7 Å². The van der Waals surface area contributed by atoms with Gasteiger partial charge in [0.05, 0.1) is 25.1 Å². The topological polar surface area (TPSA) is 75.4 Å². The van der Waals surface area contributed by atoms with Crippen LogP contribution in [0.3, 0.4) is 0 Å². The van der Waals surface area contributed by atoms with Gasteiger partial charge in [-0.3, -0.25) is 9.80 Å². The van der Waals surface area contributed by atoms with Gasteiger partial charge in [0.15, 0.2) is 17.3 Å². The van der Waals surface area contributed by atoms with Crippen molar-refractivity contribution in [3.05, 3.63) is 70.4 Å². The summed E-state index contributed by atoms with van der Waals surface area (Å²) in [6, 6.07) is 16.4. The maximum atomic E-state index is 11.2. The minimum absolute atomic E-state index is 0.146. The third-order valence-corrected chi connectivity index (χ3v) is 7.63. The standard InChI is InChI=1S/C26H31N5O3S/c1-4-22-27-26-31(28-22)25(32)24(35-26)23(19-10-11-20(33-2)21(16-19)34-3)30-14-12-29(13-15-30)17-18-8-6-5-7-9-18/h5-11,16,23,32H,4,12-15,17H2,1-3H3. The van der Waals surface area contributed by atoms with Gasteiger partial charge in [0, 0.05) is 39.1 Å².